The normalized spacial score (nSPS) is 20.8. The van der Waals surface area contributed by atoms with Crippen molar-refractivity contribution in [2.24, 2.45) is 5.92 Å². The second-order valence-electron chi connectivity index (χ2n) is 6.23. The quantitative estimate of drug-likeness (QED) is 0.769. The first-order valence-corrected chi connectivity index (χ1v) is 8.43. The highest BCUT2D eigenvalue weighted by Crippen LogP contribution is 2.27. The lowest BCUT2D eigenvalue weighted by molar-refractivity contribution is -0.00519. The van der Waals surface area contributed by atoms with Crippen LogP contribution >= 0.6 is 0 Å². The molecule has 6 heteroatoms. The molecule has 24 heavy (non-hydrogen) atoms. The van der Waals surface area contributed by atoms with Gasteiger partial charge in [0.05, 0.1) is 13.2 Å². The first-order valence-electron chi connectivity index (χ1n) is 8.43. The van der Waals surface area contributed by atoms with Gasteiger partial charge in [-0.05, 0) is 30.9 Å². The smallest absolute Gasteiger partial charge is 0.253 e. The predicted molar refractivity (Wildman–Crippen MR) is 87.8 cm³/mol. The van der Waals surface area contributed by atoms with Gasteiger partial charge in [0.15, 0.2) is 18.1 Å². The van der Waals surface area contributed by atoms with Crippen molar-refractivity contribution in [3.63, 3.8) is 0 Å². The minimum atomic E-state index is 0.202. The molecule has 1 aliphatic rings. The Morgan fingerprint density at radius 1 is 1.08 bits per heavy atom. The summed E-state index contributed by atoms with van der Waals surface area (Å²) >= 11 is 0. The van der Waals surface area contributed by atoms with E-state index in [0.29, 0.717) is 36.0 Å². The van der Waals surface area contributed by atoms with Crippen molar-refractivity contribution in [2.75, 3.05) is 7.11 Å². The second kappa shape index (κ2) is 8.15. The van der Waals surface area contributed by atoms with Gasteiger partial charge in [-0.3, -0.25) is 0 Å². The van der Waals surface area contributed by atoms with Gasteiger partial charge >= 0.3 is 0 Å². The zero-order valence-electron chi connectivity index (χ0n) is 14.2. The molecule has 2 aromatic rings. The average Bonchev–Trinajstić information content (AvgIpc) is 3.06. The molecule has 1 saturated carbocycles. The van der Waals surface area contributed by atoms with E-state index in [1.165, 1.54) is 12.8 Å². The summed E-state index contributed by atoms with van der Waals surface area (Å²) < 4.78 is 22.4. The number of hydrogen-bond donors (Lipinski definition) is 0. The van der Waals surface area contributed by atoms with Crippen molar-refractivity contribution in [1.82, 2.24) is 10.2 Å². The summed E-state index contributed by atoms with van der Waals surface area (Å²) in [4.78, 5) is 0. The van der Waals surface area contributed by atoms with Gasteiger partial charge in [-0.1, -0.05) is 31.9 Å². The lowest BCUT2D eigenvalue weighted by Gasteiger charge is -2.26. The number of nitrogens with zero attached hydrogens (tertiary/aromatic N) is 2. The predicted octanol–water partition coefficient (Wildman–Crippen LogP) is 3.75. The third-order valence-electron chi connectivity index (χ3n) is 4.26. The average molecular weight is 332 g/mol. The zero-order valence-corrected chi connectivity index (χ0v) is 14.2. The van der Waals surface area contributed by atoms with E-state index in [9.17, 15) is 0 Å². The van der Waals surface area contributed by atoms with E-state index in [2.05, 4.69) is 17.1 Å². The van der Waals surface area contributed by atoms with Crippen LogP contribution in [0.5, 0.6) is 11.5 Å². The molecule has 6 nitrogen and oxygen atoms in total. The van der Waals surface area contributed by atoms with Crippen molar-refractivity contribution < 1.29 is 18.6 Å². The van der Waals surface area contributed by atoms with Gasteiger partial charge in [0.1, 0.15) is 6.61 Å². The minimum Gasteiger partial charge on any atom is -0.493 e. The fraction of sp³-hybridized carbons (Fsp3) is 0.556. The van der Waals surface area contributed by atoms with E-state index in [4.69, 9.17) is 18.6 Å². The Labute approximate surface area is 142 Å². The van der Waals surface area contributed by atoms with Crippen LogP contribution in [0.1, 0.15) is 44.4 Å². The SMILES string of the molecule is COc1ccccc1OCc1nnc(CO[C@@H]2CCC[C@@H](C)C2)o1. The van der Waals surface area contributed by atoms with Crippen LogP contribution in [-0.4, -0.2) is 23.4 Å². The molecule has 0 spiro atoms. The molecule has 1 fully saturated rings. The first-order chi connectivity index (χ1) is 11.7. The van der Waals surface area contributed by atoms with Crippen molar-refractivity contribution >= 4 is 0 Å². The molecule has 0 unspecified atom stereocenters. The molecule has 130 valence electrons. The van der Waals surface area contributed by atoms with Gasteiger partial charge in [-0.15, -0.1) is 10.2 Å². The first kappa shape index (κ1) is 16.8. The van der Waals surface area contributed by atoms with Crippen LogP contribution in [0.2, 0.25) is 0 Å². The fourth-order valence-electron chi connectivity index (χ4n) is 3.00. The maximum absolute atomic E-state index is 5.89. The molecule has 0 aliphatic heterocycles. The monoisotopic (exact) mass is 332 g/mol. The van der Waals surface area contributed by atoms with Crippen molar-refractivity contribution in [3.8, 4) is 11.5 Å². The number of aromatic nitrogens is 2. The highest BCUT2D eigenvalue weighted by atomic mass is 16.5. The van der Waals surface area contributed by atoms with Gasteiger partial charge in [0.25, 0.3) is 5.89 Å². The van der Waals surface area contributed by atoms with E-state index >= 15 is 0 Å². The Morgan fingerprint density at radius 2 is 1.83 bits per heavy atom. The number of rotatable bonds is 7. The van der Waals surface area contributed by atoms with E-state index in [1.54, 1.807) is 7.11 Å². The molecule has 1 heterocycles. The van der Waals surface area contributed by atoms with Gasteiger partial charge in [-0.2, -0.15) is 0 Å². The number of benzene rings is 1. The molecule has 0 bridgehead atoms. The topological polar surface area (TPSA) is 66.6 Å². The third-order valence-corrected chi connectivity index (χ3v) is 4.26. The molecule has 0 N–H and O–H groups in total. The summed E-state index contributed by atoms with van der Waals surface area (Å²) in [5, 5.41) is 8.02. The van der Waals surface area contributed by atoms with Gasteiger partial charge < -0.3 is 18.6 Å². The van der Waals surface area contributed by atoms with Gasteiger partial charge in [-0.25, -0.2) is 0 Å². The number of para-hydroxylation sites is 2. The Bertz CT molecular complexity index is 643. The highest BCUT2D eigenvalue weighted by molar-refractivity contribution is 5.39. The Balaban J connectivity index is 1.48. The fourth-order valence-corrected chi connectivity index (χ4v) is 3.00. The summed E-state index contributed by atoms with van der Waals surface area (Å²) in [5.74, 6) is 2.97. The molecule has 3 rings (SSSR count). The maximum Gasteiger partial charge on any atom is 0.253 e. The maximum atomic E-state index is 5.89. The lowest BCUT2D eigenvalue weighted by Crippen LogP contribution is -2.21. The Kier molecular flexibility index (Phi) is 5.69. The van der Waals surface area contributed by atoms with Crippen molar-refractivity contribution in [3.05, 3.63) is 36.0 Å². The standard InChI is InChI=1S/C18H24N2O4/c1-13-6-5-7-14(10-13)22-11-17-19-20-18(24-17)12-23-16-9-4-3-8-15(16)21-2/h3-4,8-9,13-14H,5-7,10-12H2,1-2H3/t13-,14-/m1/s1. The number of ether oxygens (including phenoxy) is 3. The van der Waals surface area contributed by atoms with Crippen LogP contribution < -0.4 is 9.47 Å². The van der Waals surface area contributed by atoms with E-state index in [1.807, 2.05) is 24.3 Å². The molecule has 1 aromatic carbocycles. The van der Waals surface area contributed by atoms with Crippen LogP contribution in [0, 0.1) is 5.92 Å². The van der Waals surface area contributed by atoms with Crippen molar-refractivity contribution in [2.45, 2.75) is 51.9 Å². The highest BCUT2D eigenvalue weighted by Gasteiger charge is 2.20. The van der Waals surface area contributed by atoms with Crippen LogP contribution in [0.25, 0.3) is 0 Å². The summed E-state index contributed by atoms with van der Waals surface area (Å²) in [5.41, 5.74) is 0. The van der Waals surface area contributed by atoms with E-state index < -0.39 is 0 Å². The number of methoxy groups -OCH3 is 1. The Hall–Kier alpha value is -2.08. The van der Waals surface area contributed by atoms with Gasteiger partial charge in [0, 0.05) is 0 Å². The Morgan fingerprint density at radius 3 is 2.58 bits per heavy atom. The molecule has 0 radical (unpaired) electrons. The minimum absolute atomic E-state index is 0.202. The molecule has 2 atom stereocenters. The lowest BCUT2D eigenvalue weighted by atomic mass is 9.89. The van der Waals surface area contributed by atoms with Gasteiger partial charge in [0.2, 0.25) is 5.89 Å². The number of hydrogen-bond acceptors (Lipinski definition) is 6. The molecule has 0 amide bonds. The van der Waals surface area contributed by atoms with Crippen LogP contribution in [0.15, 0.2) is 28.7 Å². The summed E-state index contributed by atoms with van der Waals surface area (Å²) in [6.45, 7) is 2.84. The second-order valence-corrected chi connectivity index (χ2v) is 6.23. The zero-order chi connectivity index (χ0) is 16.8. The van der Waals surface area contributed by atoms with E-state index in [0.717, 1.165) is 18.8 Å². The van der Waals surface area contributed by atoms with Crippen LogP contribution in [-0.2, 0) is 18.0 Å². The van der Waals surface area contributed by atoms with Crippen LogP contribution in [0.4, 0.5) is 0 Å². The van der Waals surface area contributed by atoms with Crippen LogP contribution in [0.3, 0.4) is 0 Å². The molecular formula is C18H24N2O4. The summed E-state index contributed by atoms with van der Waals surface area (Å²) in [6.07, 6.45) is 5.05. The van der Waals surface area contributed by atoms with Crippen molar-refractivity contribution in [1.29, 1.82) is 0 Å². The molecular weight excluding hydrogens is 308 g/mol. The third kappa shape index (κ3) is 4.47. The summed E-state index contributed by atoms with van der Waals surface area (Å²) in [7, 11) is 1.61. The molecule has 1 aromatic heterocycles. The van der Waals surface area contributed by atoms with E-state index in [-0.39, 0.29) is 6.61 Å². The summed E-state index contributed by atoms with van der Waals surface area (Å²) in [6, 6.07) is 7.45. The molecule has 1 aliphatic carbocycles. The molecule has 0 saturated heterocycles. The largest absolute Gasteiger partial charge is 0.493 e.